The summed E-state index contributed by atoms with van der Waals surface area (Å²) in [6, 6.07) is 2.64. The van der Waals surface area contributed by atoms with Gasteiger partial charge >= 0.3 is 0 Å². The molecule has 0 radical (unpaired) electrons. The fraction of sp³-hybridized carbons (Fsp3) is 0.381. The number of H-pyrrole nitrogens is 1. The number of hydrogen-bond acceptors (Lipinski definition) is 7. The fourth-order valence-electron chi connectivity index (χ4n) is 4.66. The Morgan fingerprint density at radius 3 is 2.83 bits per heavy atom. The molecule has 1 saturated carbocycles. The van der Waals surface area contributed by atoms with Gasteiger partial charge in [-0.1, -0.05) is 6.92 Å². The molecule has 30 heavy (non-hydrogen) atoms. The Labute approximate surface area is 186 Å². The molecule has 4 aromatic rings. The largest absolute Gasteiger partial charge is 0.342 e. The number of hydrogen-bond donors (Lipinski definition) is 2. The van der Waals surface area contributed by atoms with Crippen molar-refractivity contribution in [2.45, 2.75) is 48.2 Å². The summed E-state index contributed by atoms with van der Waals surface area (Å²) in [5.74, 6) is 1.24. The van der Waals surface area contributed by atoms with Gasteiger partial charge in [0.25, 0.3) is 0 Å². The fourth-order valence-corrected chi connectivity index (χ4v) is 6.20. The predicted octanol–water partition coefficient (Wildman–Crippen LogP) is 4.24. The quantitative estimate of drug-likeness (QED) is 0.421. The van der Waals surface area contributed by atoms with E-state index < -0.39 is 0 Å². The highest BCUT2D eigenvalue weighted by Gasteiger charge is 2.42. The SMILES string of the molecule is CCc1[nH]c2nc(Sc3cnc4nccnc4c3)nc(C3CC4CNC4C3)c2c1Br. The van der Waals surface area contributed by atoms with Gasteiger partial charge < -0.3 is 10.3 Å². The van der Waals surface area contributed by atoms with Crippen LogP contribution in [0, 0.1) is 5.92 Å². The summed E-state index contributed by atoms with van der Waals surface area (Å²) in [5.41, 5.74) is 4.67. The summed E-state index contributed by atoms with van der Waals surface area (Å²) in [6.07, 6.45) is 8.42. The lowest BCUT2D eigenvalue weighted by atomic mass is 9.95. The van der Waals surface area contributed by atoms with Gasteiger partial charge in [0.2, 0.25) is 0 Å². The van der Waals surface area contributed by atoms with E-state index in [4.69, 9.17) is 9.97 Å². The first kappa shape index (κ1) is 18.7. The van der Waals surface area contributed by atoms with E-state index >= 15 is 0 Å². The molecule has 152 valence electrons. The molecule has 1 aliphatic carbocycles. The summed E-state index contributed by atoms with van der Waals surface area (Å²) in [4.78, 5) is 27.4. The minimum Gasteiger partial charge on any atom is -0.342 e. The van der Waals surface area contributed by atoms with Crippen molar-refractivity contribution in [1.29, 1.82) is 0 Å². The van der Waals surface area contributed by atoms with Gasteiger partial charge in [-0.25, -0.2) is 19.9 Å². The molecule has 0 aromatic carbocycles. The van der Waals surface area contributed by atoms with Crippen molar-refractivity contribution >= 4 is 49.9 Å². The van der Waals surface area contributed by atoms with Gasteiger partial charge in [0.1, 0.15) is 11.2 Å². The summed E-state index contributed by atoms with van der Waals surface area (Å²) in [7, 11) is 0. The molecule has 7 nitrogen and oxygen atoms in total. The monoisotopic (exact) mass is 481 g/mol. The molecule has 2 N–H and O–H groups in total. The number of aromatic nitrogens is 6. The number of nitrogens with one attached hydrogen (secondary N) is 2. The number of fused-ring (bicyclic) bond motifs is 3. The highest BCUT2D eigenvalue weighted by Crippen LogP contribution is 2.45. The highest BCUT2D eigenvalue weighted by atomic mass is 79.9. The summed E-state index contributed by atoms with van der Waals surface area (Å²) in [6.45, 7) is 3.29. The van der Waals surface area contributed by atoms with E-state index in [2.05, 4.69) is 48.1 Å². The summed E-state index contributed by atoms with van der Waals surface area (Å²) >= 11 is 5.34. The average Bonchev–Trinajstić information content (AvgIpc) is 3.23. The molecule has 3 atom stereocenters. The average molecular weight is 482 g/mol. The molecule has 0 spiro atoms. The zero-order chi connectivity index (χ0) is 20.2. The van der Waals surface area contributed by atoms with E-state index in [9.17, 15) is 0 Å². The normalized spacial score (nSPS) is 23.1. The lowest BCUT2D eigenvalue weighted by Gasteiger charge is -2.31. The highest BCUT2D eigenvalue weighted by molar-refractivity contribution is 9.10. The third-order valence-electron chi connectivity index (χ3n) is 6.26. The molecule has 1 aliphatic heterocycles. The molecule has 4 aromatic heterocycles. The lowest BCUT2D eigenvalue weighted by Crippen LogP contribution is -2.49. The van der Waals surface area contributed by atoms with Crippen molar-refractivity contribution in [2.75, 3.05) is 6.54 Å². The van der Waals surface area contributed by atoms with E-state index in [0.29, 0.717) is 17.6 Å². The van der Waals surface area contributed by atoms with Crippen LogP contribution in [-0.2, 0) is 6.42 Å². The van der Waals surface area contributed by atoms with E-state index in [1.165, 1.54) is 23.9 Å². The molecule has 1 saturated heterocycles. The lowest BCUT2D eigenvalue weighted by molar-refractivity contribution is 0.274. The van der Waals surface area contributed by atoms with Crippen molar-refractivity contribution < 1.29 is 0 Å². The van der Waals surface area contributed by atoms with Gasteiger partial charge in [-0.3, -0.25) is 4.98 Å². The Balaban J connectivity index is 1.43. The smallest absolute Gasteiger partial charge is 0.194 e. The van der Waals surface area contributed by atoms with Gasteiger partial charge in [0.05, 0.1) is 11.1 Å². The Morgan fingerprint density at radius 1 is 1.17 bits per heavy atom. The third-order valence-corrected chi connectivity index (χ3v) is 7.96. The topological polar surface area (TPSA) is 92.3 Å². The van der Waals surface area contributed by atoms with Crippen LogP contribution in [0.1, 0.15) is 37.1 Å². The first-order valence-electron chi connectivity index (χ1n) is 10.3. The van der Waals surface area contributed by atoms with Gasteiger partial charge in [0, 0.05) is 45.6 Å². The Kier molecular flexibility index (Phi) is 4.51. The number of rotatable bonds is 4. The van der Waals surface area contributed by atoms with Crippen molar-refractivity contribution in [2.24, 2.45) is 5.92 Å². The van der Waals surface area contributed by atoms with E-state index in [1.54, 1.807) is 12.4 Å². The van der Waals surface area contributed by atoms with Gasteiger partial charge in [-0.15, -0.1) is 0 Å². The van der Waals surface area contributed by atoms with Crippen LogP contribution >= 0.6 is 27.7 Å². The molecule has 9 heteroatoms. The van der Waals surface area contributed by atoms with Crippen molar-refractivity contribution in [1.82, 2.24) is 35.2 Å². The second kappa shape index (κ2) is 7.25. The van der Waals surface area contributed by atoms with Crippen LogP contribution in [-0.4, -0.2) is 42.5 Å². The number of aromatic amines is 1. The van der Waals surface area contributed by atoms with Crippen LogP contribution in [0.3, 0.4) is 0 Å². The first-order chi connectivity index (χ1) is 14.7. The molecule has 6 rings (SSSR count). The number of nitrogens with zero attached hydrogens (tertiary/aromatic N) is 5. The van der Waals surface area contributed by atoms with Crippen LogP contribution in [0.25, 0.3) is 22.2 Å². The third kappa shape index (κ3) is 3.02. The van der Waals surface area contributed by atoms with Crippen molar-refractivity contribution in [3.05, 3.63) is 40.5 Å². The van der Waals surface area contributed by atoms with Gasteiger partial charge in [0.15, 0.2) is 10.8 Å². The molecular weight excluding hydrogens is 462 g/mol. The maximum atomic E-state index is 5.07. The second-order valence-electron chi connectivity index (χ2n) is 8.00. The van der Waals surface area contributed by atoms with E-state index in [1.807, 2.05) is 12.3 Å². The summed E-state index contributed by atoms with van der Waals surface area (Å²) < 4.78 is 1.11. The maximum Gasteiger partial charge on any atom is 0.194 e. The van der Waals surface area contributed by atoms with Crippen LogP contribution in [0.15, 0.2) is 39.2 Å². The number of aryl methyl sites for hydroxylation is 1. The molecule has 0 amide bonds. The first-order valence-corrected chi connectivity index (χ1v) is 11.9. The molecule has 2 fully saturated rings. The number of halogens is 1. The molecule has 2 aliphatic rings. The Hall–Kier alpha value is -2.10. The molecule has 0 bridgehead atoms. The second-order valence-corrected chi connectivity index (χ2v) is 9.84. The standard InChI is InChI=1S/C21H20BrN7S/c1-2-13-17(22)16-18(10-5-11-8-25-14(11)6-10)28-21(29-20(16)27-13)30-12-7-15-19(26-9-12)24-4-3-23-15/h3-4,7,9-11,14,25H,2,5-6,8H2,1H3,(H,27,28,29). The molecular formula is C21H20BrN7S. The molecule has 5 heterocycles. The zero-order valence-corrected chi connectivity index (χ0v) is 18.8. The predicted molar refractivity (Wildman–Crippen MR) is 120 cm³/mol. The summed E-state index contributed by atoms with van der Waals surface area (Å²) in [5, 5.41) is 5.45. The minimum atomic E-state index is 0.456. The zero-order valence-electron chi connectivity index (χ0n) is 16.4. The Bertz CT molecular complexity index is 1260. The van der Waals surface area contributed by atoms with Gasteiger partial charge in [-0.2, -0.15) is 0 Å². The van der Waals surface area contributed by atoms with Crippen LogP contribution in [0.2, 0.25) is 0 Å². The maximum absolute atomic E-state index is 5.07. The van der Waals surface area contributed by atoms with Crippen LogP contribution in [0.4, 0.5) is 0 Å². The van der Waals surface area contributed by atoms with Gasteiger partial charge in [-0.05, 0) is 65.5 Å². The van der Waals surface area contributed by atoms with Crippen LogP contribution < -0.4 is 5.32 Å². The molecule has 3 unspecified atom stereocenters. The van der Waals surface area contributed by atoms with E-state index in [-0.39, 0.29) is 0 Å². The van der Waals surface area contributed by atoms with Crippen molar-refractivity contribution in [3.8, 4) is 0 Å². The number of pyridine rings is 1. The minimum absolute atomic E-state index is 0.456. The van der Waals surface area contributed by atoms with Crippen molar-refractivity contribution in [3.63, 3.8) is 0 Å². The van der Waals surface area contributed by atoms with Crippen LogP contribution in [0.5, 0.6) is 0 Å². The Morgan fingerprint density at radius 2 is 2.07 bits per heavy atom. The van der Waals surface area contributed by atoms with E-state index in [0.717, 1.165) is 62.1 Å².